The quantitative estimate of drug-likeness (QED) is 0.876. The second-order valence-electron chi connectivity index (χ2n) is 4.68. The standard InChI is InChI=1S/C16H20ClN3O/c1-4-14-19-15(18-5-2)11(3)16(20-14)21-10-12-8-6-7-9-13(12)17/h6-9H,4-5,10H2,1-3H3,(H,18,19,20). The van der Waals surface area contributed by atoms with Crippen LogP contribution in [0.25, 0.3) is 0 Å². The maximum absolute atomic E-state index is 6.14. The molecule has 112 valence electrons. The van der Waals surface area contributed by atoms with E-state index in [0.29, 0.717) is 17.5 Å². The smallest absolute Gasteiger partial charge is 0.222 e. The normalized spacial score (nSPS) is 10.5. The van der Waals surface area contributed by atoms with E-state index in [0.717, 1.165) is 35.7 Å². The van der Waals surface area contributed by atoms with E-state index in [1.165, 1.54) is 0 Å². The van der Waals surface area contributed by atoms with Crippen LogP contribution in [-0.4, -0.2) is 16.5 Å². The maximum Gasteiger partial charge on any atom is 0.222 e. The van der Waals surface area contributed by atoms with E-state index in [4.69, 9.17) is 16.3 Å². The van der Waals surface area contributed by atoms with Crippen molar-refractivity contribution < 1.29 is 4.74 Å². The Morgan fingerprint density at radius 2 is 1.95 bits per heavy atom. The molecule has 2 aromatic rings. The Labute approximate surface area is 130 Å². The summed E-state index contributed by atoms with van der Waals surface area (Å²) >= 11 is 6.14. The van der Waals surface area contributed by atoms with E-state index in [-0.39, 0.29) is 0 Å². The lowest BCUT2D eigenvalue weighted by atomic mass is 10.2. The minimum absolute atomic E-state index is 0.395. The van der Waals surface area contributed by atoms with Crippen LogP contribution in [0.2, 0.25) is 5.02 Å². The number of halogens is 1. The van der Waals surface area contributed by atoms with Gasteiger partial charge >= 0.3 is 0 Å². The van der Waals surface area contributed by atoms with Crippen LogP contribution in [0, 0.1) is 6.92 Å². The SMILES string of the molecule is CCNc1nc(CC)nc(OCc2ccccc2Cl)c1C. The average molecular weight is 306 g/mol. The van der Waals surface area contributed by atoms with E-state index < -0.39 is 0 Å². The first-order valence-corrected chi connectivity index (χ1v) is 7.51. The fraction of sp³-hybridized carbons (Fsp3) is 0.375. The van der Waals surface area contributed by atoms with Crippen LogP contribution in [0.15, 0.2) is 24.3 Å². The molecule has 1 N–H and O–H groups in total. The van der Waals surface area contributed by atoms with Gasteiger partial charge in [0, 0.05) is 23.6 Å². The summed E-state index contributed by atoms with van der Waals surface area (Å²) in [5.74, 6) is 2.21. The first-order chi connectivity index (χ1) is 10.2. The topological polar surface area (TPSA) is 47.0 Å². The fourth-order valence-corrected chi connectivity index (χ4v) is 2.13. The van der Waals surface area contributed by atoms with Gasteiger partial charge < -0.3 is 10.1 Å². The summed E-state index contributed by atoms with van der Waals surface area (Å²) in [7, 11) is 0. The van der Waals surface area contributed by atoms with E-state index >= 15 is 0 Å². The molecule has 1 aromatic heterocycles. The minimum Gasteiger partial charge on any atom is -0.472 e. The summed E-state index contributed by atoms with van der Waals surface area (Å²) in [6.45, 7) is 7.23. The highest BCUT2D eigenvalue weighted by Gasteiger charge is 2.11. The van der Waals surface area contributed by atoms with Crippen LogP contribution in [0.3, 0.4) is 0 Å². The predicted molar refractivity (Wildman–Crippen MR) is 86.1 cm³/mol. The van der Waals surface area contributed by atoms with Gasteiger partial charge in [0.15, 0.2) is 0 Å². The molecule has 2 rings (SSSR count). The van der Waals surface area contributed by atoms with E-state index in [1.54, 1.807) is 0 Å². The van der Waals surface area contributed by atoms with Gasteiger partial charge in [-0.25, -0.2) is 4.98 Å². The number of rotatable bonds is 6. The van der Waals surface area contributed by atoms with Gasteiger partial charge in [-0.05, 0) is 19.9 Å². The maximum atomic E-state index is 6.14. The molecule has 0 saturated heterocycles. The van der Waals surface area contributed by atoms with Crippen molar-refractivity contribution >= 4 is 17.4 Å². The molecule has 0 saturated carbocycles. The fourth-order valence-electron chi connectivity index (χ4n) is 1.94. The highest BCUT2D eigenvalue weighted by molar-refractivity contribution is 6.31. The Morgan fingerprint density at radius 1 is 1.19 bits per heavy atom. The molecule has 0 atom stereocenters. The van der Waals surface area contributed by atoms with Crippen LogP contribution >= 0.6 is 11.6 Å². The van der Waals surface area contributed by atoms with Crippen molar-refractivity contribution in [2.75, 3.05) is 11.9 Å². The molecule has 1 heterocycles. The first kappa shape index (κ1) is 15.6. The van der Waals surface area contributed by atoms with Gasteiger partial charge in [0.2, 0.25) is 5.88 Å². The molecule has 0 aliphatic carbocycles. The summed E-state index contributed by atoms with van der Waals surface area (Å²) < 4.78 is 5.86. The lowest BCUT2D eigenvalue weighted by Crippen LogP contribution is -2.09. The third kappa shape index (κ3) is 3.85. The zero-order valence-electron chi connectivity index (χ0n) is 12.6. The largest absolute Gasteiger partial charge is 0.472 e. The lowest BCUT2D eigenvalue weighted by Gasteiger charge is -2.14. The van der Waals surface area contributed by atoms with Crippen LogP contribution in [0.4, 0.5) is 5.82 Å². The molecule has 0 unspecified atom stereocenters. The lowest BCUT2D eigenvalue weighted by molar-refractivity contribution is 0.290. The van der Waals surface area contributed by atoms with Crippen molar-refractivity contribution in [3.8, 4) is 5.88 Å². The Bertz CT molecular complexity index is 616. The number of anilines is 1. The molecule has 4 nitrogen and oxygen atoms in total. The molecule has 0 amide bonds. The zero-order chi connectivity index (χ0) is 15.2. The first-order valence-electron chi connectivity index (χ1n) is 7.13. The number of aromatic nitrogens is 2. The number of hydrogen-bond acceptors (Lipinski definition) is 4. The Balaban J connectivity index is 2.22. The number of hydrogen-bond donors (Lipinski definition) is 1. The van der Waals surface area contributed by atoms with Crippen LogP contribution in [0.5, 0.6) is 5.88 Å². The van der Waals surface area contributed by atoms with Gasteiger partial charge in [-0.15, -0.1) is 0 Å². The predicted octanol–water partition coefficient (Wildman–Crippen LogP) is 4.01. The van der Waals surface area contributed by atoms with Gasteiger partial charge in [-0.1, -0.05) is 36.7 Å². The molecule has 0 aliphatic rings. The Hall–Kier alpha value is -1.81. The summed E-state index contributed by atoms with van der Waals surface area (Å²) in [6.07, 6.45) is 0.765. The number of ether oxygens (including phenoxy) is 1. The molecule has 21 heavy (non-hydrogen) atoms. The summed E-state index contributed by atoms with van der Waals surface area (Å²) in [4.78, 5) is 8.95. The summed E-state index contributed by atoms with van der Waals surface area (Å²) in [6, 6.07) is 7.65. The van der Waals surface area contributed by atoms with E-state index in [9.17, 15) is 0 Å². The molecule has 1 aromatic carbocycles. The molecule has 0 spiro atoms. The molecule has 0 aliphatic heterocycles. The van der Waals surface area contributed by atoms with Crippen LogP contribution in [0.1, 0.15) is 30.8 Å². The third-order valence-electron chi connectivity index (χ3n) is 3.13. The number of benzene rings is 1. The minimum atomic E-state index is 0.395. The molecule has 5 heteroatoms. The molecule has 0 bridgehead atoms. The Kier molecular flexibility index (Phi) is 5.39. The van der Waals surface area contributed by atoms with Crippen molar-refractivity contribution in [2.45, 2.75) is 33.8 Å². The van der Waals surface area contributed by atoms with Crippen molar-refractivity contribution in [1.82, 2.24) is 9.97 Å². The highest BCUT2D eigenvalue weighted by atomic mass is 35.5. The second kappa shape index (κ2) is 7.27. The van der Waals surface area contributed by atoms with E-state index in [1.807, 2.05) is 45.0 Å². The van der Waals surface area contributed by atoms with Crippen molar-refractivity contribution in [2.24, 2.45) is 0 Å². The third-order valence-corrected chi connectivity index (χ3v) is 3.50. The van der Waals surface area contributed by atoms with Gasteiger partial charge in [0.1, 0.15) is 18.2 Å². The van der Waals surface area contributed by atoms with E-state index in [2.05, 4.69) is 15.3 Å². The molecular formula is C16H20ClN3O. The van der Waals surface area contributed by atoms with Gasteiger partial charge in [-0.3, -0.25) is 0 Å². The number of aryl methyl sites for hydroxylation is 1. The van der Waals surface area contributed by atoms with Crippen LogP contribution < -0.4 is 10.1 Å². The van der Waals surface area contributed by atoms with Gasteiger partial charge in [0.05, 0.1) is 5.56 Å². The number of nitrogens with zero attached hydrogens (tertiary/aromatic N) is 2. The highest BCUT2D eigenvalue weighted by Crippen LogP contribution is 2.24. The molecule has 0 radical (unpaired) electrons. The summed E-state index contributed by atoms with van der Waals surface area (Å²) in [5.41, 5.74) is 1.86. The monoisotopic (exact) mass is 305 g/mol. The second-order valence-corrected chi connectivity index (χ2v) is 5.09. The van der Waals surface area contributed by atoms with Gasteiger partial charge in [-0.2, -0.15) is 4.98 Å². The van der Waals surface area contributed by atoms with Crippen molar-refractivity contribution in [3.05, 3.63) is 46.2 Å². The number of nitrogens with one attached hydrogen (secondary N) is 1. The average Bonchev–Trinajstić information content (AvgIpc) is 2.49. The van der Waals surface area contributed by atoms with Gasteiger partial charge in [0.25, 0.3) is 0 Å². The summed E-state index contributed by atoms with van der Waals surface area (Å²) in [5, 5.41) is 3.94. The Morgan fingerprint density at radius 3 is 2.62 bits per heavy atom. The van der Waals surface area contributed by atoms with Crippen molar-refractivity contribution in [3.63, 3.8) is 0 Å². The van der Waals surface area contributed by atoms with Crippen LogP contribution in [-0.2, 0) is 13.0 Å². The molecule has 0 fully saturated rings. The molecular weight excluding hydrogens is 286 g/mol. The van der Waals surface area contributed by atoms with Crippen molar-refractivity contribution in [1.29, 1.82) is 0 Å². The zero-order valence-corrected chi connectivity index (χ0v) is 13.4.